The van der Waals surface area contributed by atoms with Crippen LogP contribution in [0.2, 0.25) is 0 Å². The van der Waals surface area contributed by atoms with E-state index < -0.39 is 6.10 Å². The number of nitrogens with zero attached hydrogens (tertiary/aromatic N) is 3. The van der Waals surface area contributed by atoms with Gasteiger partial charge in [0, 0.05) is 13.5 Å². The largest absolute Gasteiger partial charge is 0.386 e. The Balaban J connectivity index is 1.84. The van der Waals surface area contributed by atoms with Gasteiger partial charge in [-0.15, -0.1) is 11.3 Å². The number of para-hydroxylation sites is 1. The lowest BCUT2D eigenvalue weighted by molar-refractivity contribution is 0.168. The Kier molecular flexibility index (Phi) is 3.54. The lowest BCUT2D eigenvalue weighted by Gasteiger charge is -2.08. The van der Waals surface area contributed by atoms with Crippen LogP contribution in [0, 0.1) is 0 Å². The summed E-state index contributed by atoms with van der Waals surface area (Å²) < 4.78 is 2.92. The maximum absolute atomic E-state index is 10.4. The molecule has 0 saturated carbocycles. The molecule has 20 heavy (non-hydrogen) atoms. The van der Waals surface area contributed by atoms with E-state index in [9.17, 15) is 5.11 Å². The molecule has 0 aliphatic rings. The number of fused-ring (bicyclic) bond motifs is 1. The zero-order valence-corrected chi connectivity index (χ0v) is 12.4. The van der Waals surface area contributed by atoms with Crippen LogP contribution in [0.15, 0.2) is 30.3 Å². The van der Waals surface area contributed by atoms with Gasteiger partial charge in [0.15, 0.2) is 0 Å². The molecule has 104 valence electrons. The predicted molar refractivity (Wildman–Crippen MR) is 80.9 cm³/mol. The number of thiazole rings is 1. The van der Waals surface area contributed by atoms with Gasteiger partial charge in [-0.05, 0) is 24.6 Å². The minimum atomic E-state index is -0.562. The molecule has 5 heteroatoms. The first-order valence-corrected chi connectivity index (χ1v) is 7.54. The summed E-state index contributed by atoms with van der Waals surface area (Å²) in [5.74, 6) is 0. The van der Waals surface area contributed by atoms with Gasteiger partial charge in [-0.25, -0.2) is 4.98 Å². The second-order valence-electron chi connectivity index (χ2n) is 4.83. The number of aryl methyl sites for hydroxylation is 2. The molecule has 0 aliphatic carbocycles. The minimum absolute atomic E-state index is 0.530. The molecule has 1 atom stereocenters. The third-order valence-corrected chi connectivity index (χ3v) is 4.44. The number of benzene rings is 1. The lowest BCUT2D eigenvalue weighted by atomic mass is 10.1. The van der Waals surface area contributed by atoms with Crippen molar-refractivity contribution in [1.29, 1.82) is 0 Å². The van der Waals surface area contributed by atoms with Crippen LogP contribution in [0.4, 0.5) is 0 Å². The number of aromatic nitrogens is 3. The van der Waals surface area contributed by atoms with Gasteiger partial charge in [0.1, 0.15) is 6.10 Å². The van der Waals surface area contributed by atoms with Crippen molar-refractivity contribution in [2.24, 2.45) is 7.05 Å². The topological polar surface area (TPSA) is 50.9 Å². The van der Waals surface area contributed by atoms with E-state index in [1.807, 2.05) is 31.3 Å². The Morgan fingerprint density at radius 3 is 2.85 bits per heavy atom. The van der Waals surface area contributed by atoms with E-state index in [-0.39, 0.29) is 0 Å². The number of hydrogen-bond donors (Lipinski definition) is 1. The van der Waals surface area contributed by atoms with E-state index in [1.165, 1.54) is 0 Å². The van der Waals surface area contributed by atoms with E-state index in [0.717, 1.165) is 33.0 Å². The van der Waals surface area contributed by atoms with E-state index in [0.29, 0.717) is 6.42 Å². The number of rotatable bonds is 4. The van der Waals surface area contributed by atoms with Crippen molar-refractivity contribution < 1.29 is 5.11 Å². The molecule has 0 fully saturated rings. The van der Waals surface area contributed by atoms with Gasteiger partial charge in [0.05, 0.1) is 26.6 Å². The third kappa shape index (κ3) is 2.46. The zero-order valence-electron chi connectivity index (χ0n) is 11.6. The van der Waals surface area contributed by atoms with Crippen molar-refractivity contribution in [3.63, 3.8) is 0 Å². The molecule has 0 bridgehead atoms. The molecule has 3 rings (SSSR count). The first kappa shape index (κ1) is 13.3. The Morgan fingerprint density at radius 2 is 2.15 bits per heavy atom. The molecule has 3 aromatic rings. The molecular formula is C15H17N3OS. The third-order valence-electron chi connectivity index (χ3n) is 3.38. The smallest absolute Gasteiger partial charge is 0.102 e. The van der Waals surface area contributed by atoms with Gasteiger partial charge in [0.25, 0.3) is 0 Å². The van der Waals surface area contributed by atoms with Gasteiger partial charge >= 0.3 is 0 Å². The summed E-state index contributed by atoms with van der Waals surface area (Å²) in [5, 5.41) is 15.7. The molecule has 4 nitrogen and oxygen atoms in total. The quantitative estimate of drug-likeness (QED) is 0.802. The molecule has 1 unspecified atom stereocenters. The number of aliphatic hydroxyl groups excluding tert-OH is 1. The summed E-state index contributed by atoms with van der Waals surface area (Å²) in [6, 6.07) is 10.0. The standard InChI is InChI=1S/C15H17N3OS/c1-3-10-8-12(18(2)17-10)13(19)9-15-16-11-6-4-5-7-14(11)20-15/h4-8,13,19H,3,9H2,1-2H3. The molecule has 0 radical (unpaired) electrons. The zero-order chi connectivity index (χ0) is 14.1. The average molecular weight is 287 g/mol. The first-order valence-electron chi connectivity index (χ1n) is 6.72. The summed E-state index contributed by atoms with van der Waals surface area (Å²) in [6.07, 6.45) is 0.845. The van der Waals surface area contributed by atoms with Crippen LogP contribution in [0.5, 0.6) is 0 Å². The van der Waals surface area contributed by atoms with Crippen LogP contribution < -0.4 is 0 Å². The SMILES string of the molecule is CCc1cc(C(O)Cc2nc3ccccc3s2)n(C)n1. The molecule has 0 spiro atoms. The number of hydrogen-bond acceptors (Lipinski definition) is 4. The van der Waals surface area contributed by atoms with Crippen LogP contribution in [0.3, 0.4) is 0 Å². The Morgan fingerprint density at radius 1 is 1.35 bits per heavy atom. The summed E-state index contributed by atoms with van der Waals surface area (Å²) in [5.41, 5.74) is 2.85. The van der Waals surface area contributed by atoms with Crippen molar-refractivity contribution in [2.75, 3.05) is 0 Å². The van der Waals surface area contributed by atoms with Crippen LogP contribution in [-0.2, 0) is 19.9 Å². The second kappa shape index (κ2) is 5.34. The second-order valence-corrected chi connectivity index (χ2v) is 5.95. The highest BCUT2D eigenvalue weighted by molar-refractivity contribution is 7.18. The average Bonchev–Trinajstić information content (AvgIpc) is 3.01. The Bertz CT molecular complexity index is 699. The molecule has 0 aliphatic heterocycles. The van der Waals surface area contributed by atoms with Crippen molar-refractivity contribution >= 4 is 21.6 Å². The van der Waals surface area contributed by atoms with E-state index in [4.69, 9.17) is 0 Å². The summed E-state index contributed by atoms with van der Waals surface area (Å²) in [4.78, 5) is 4.56. The first-order chi connectivity index (χ1) is 9.67. The number of aliphatic hydroxyl groups is 1. The Hall–Kier alpha value is -1.72. The maximum Gasteiger partial charge on any atom is 0.102 e. The predicted octanol–water partition coefficient (Wildman–Crippen LogP) is 2.87. The Labute approximate surface area is 121 Å². The molecule has 0 saturated heterocycles. The van der Waals surface area contributed by atoms with Crippen LogP contribution in [0.25, 0.3) is 10.2 Å². The van der Waals surface area contributed by atoms with Crippen molar-refractivity contribution in [1.82, 2.24) is 14.8 Å². The van der Waals surface area contributed by atoms with Gasteiger partial charge < -0.3 is 5.11 Å². The summed E-state index contributed by atoms with van der Waals surface area (Å²) >= 11 is 1.64. The van der Waals surface area contributed by atoms with Gasteiger partial charge in [-0.1, -0.05) is 19.1 Å². The minimum Gasteiger partial charge on any atom is -0.386 e. The molecule has 0 amide bonds. The molecular weight excluding hydrogens is 270 g/mol. The lowest BCUT2D eigenvalue weighted by Crippen LogP contribution is -2.07. The van der Waals surface area contributed by atoms with Gasteiger partial charge in [-0.3, -0.25) is 4.68 Å². The monoisotopic (exact) mass is 287 g/mol. The van der Waals surface area contributed by atoms with Gasteiger partial charge in [-0.2, -0.15) is 5.10 Å². The summed E-state index contributed by atoms with van der Waals surface area (Å²) in [7, 11) is 1.87. The molecule has 1 N–H and O–H groups in total. The fraction of sp³-hybridized carbons (Fsp3) is 0.333. The molecule has 2 heterocycles. The van der Waals surface area contributed by atoms with Crippen molar-refractivity contribution in [2.45, 2.75) is 25.9 Å². The van der Waals surface area contributed by atoms with Crippen LogP contribution in [0.1, 0.15) is 29.4 Å². The highest BCUT2D eigenvalue weighted by atomic mass is 32.1. The van der Waals surface area contributed by atoms with Crippen molar-refractivity contribution in [3.8, 4) is 0 Å². The molecule has 2 aromatic heterocycles. The normalized spacial score (nSPS) is 12.9. The fourth-order valence-corrected chi connectivity index (χ4v) is 3.31. The molecule has 1 aromatic carbocycles. The summed E-state index contributed by atoms with van der Waals surface area (Å²) in [6.45, 7) is 2.06. The van der Waals surface area contributed by atoms with Gasteiger partial charge in [0.2, 0.25) is 0 Å². The van der Waals surface area contributed by atoms with Crippen molar-refractivity contribution in [3.05, 3.63) is 46.7 Å². The van der Waals surface area contributed by atoms with E-state index >= 15 is 0 Å². The highest BCUT2D eigenvalue weighted by Crippen LogP contribution is 2.26. The van der Waals surface area contributed by atoms with Crippen LogP contribution in [-0.4, -0.2) is 19.9 Å². The van der Waals surface area contributed by atoms with E-state index in [1.54, 1.807) is 16.0 Å². The fourth-order valence-electron chi connectivity index (χ4n) is 2.31. The van der Waals surface area contributed by atoms with Crippen LogP contribution >= 0.6 is 11.3 Å². The maximum atomic E-state index is 10.4. The highest BCUT2D eigenvalue weighted by Gasteiger charge is 2.16. The van der Waals surface area contributed by atoms with E-state index in [2.05, 4.69) is 23.1 Å².